The Morgan fingerprint density at radius 3 is 2.50 bits per heavy atom. The van der Waals surface area contributed by atoms with E-state index in [1.807, 2.05) is 27.0 Å². The number of likely N-dealkylation sites (tertiary alicyclic amines) is 1. The van der Waals surface area contributed by atoms with Crippen molar-refractivity contribution >= 4 is 5.78 Å². The normalized spacial score (nSPS) is 16.1. The highest BCUT2D eigenvalue weighted by molar-refractivity contribution is 5.77. The predicted octanol–water partition coefficient (Wildman–Crippen LogP) is 4.50. The molecule has 1 aromatic heterocycles. The average molecular weight is 336 g/mol. The van der Waals surface area contributed by atoms with Crippen LogP contribution in [0.4, 0.5) is 0 Å². The zero-order chi connectivity index (χ0) is 17.9. The number of rotatable bonds is 8. The summed E-state index contributed by atoms with van der Waals surface area (Å²) in [7, 11) is 0. The molecule has 4 heteroatoms. The van der Waals surface area contributed by atoms with Crippen molar-refractivity contribution in [2.75, 3.05) is 19.6 Å². The first-order valence-corrected chi connectivity index (χ1v) is 9.85. The van der Waals surface area contributed by atoms with Gasteiger partial charge in [-0.05, 0) is 56.3 Å². The van der Waals surface area contributed by atoms with E-state index in [2.05, 4.69) is 34.7 Å². The predicted molar refractivity (Wildman–Crippen MR) is 101 cm³/mol. The molecule has 1 saturated heterocycles. The van der Waals surface area contributed by atoms with Crippen LogP contribution in [0.25, 0.3) is 0 Å². The molecule has 4 nitrogen and oxygen atoms in total. The van der Waals surface area contributed by atoms with Crippen LogP contribution >= 0.6 is 0 Å². The Balaban J connectivity index is 0.00000139. The van der Waals surface area contributed by atoms with Gasteiger partial charge in [-0.3, -0.25) is 9.48 Å². The van der Waals surface area contributed by atoms with Crippen molar-refractivity contribution in [1.29, 1.82) is 0 Å². The molecule has 0 spiro atoms. The third-order valence-electron chi connectivity index (χ3n) is 4.80. The highest BCUT2D eigenvalue weighted by Gasteiger charge is 2.19. The van der Waals surface area contributed by atoms with Crippen molar-refractivity contribution in [2.24, 2.45) is 5.92 Å². The second-order valence-electron chi connectivity index (χ2n) is 6.93. The van der Waals surface area contributed by atoms with Crippen LogP contribution in [0.3, 0.4) is 0 Å². The van der Waals surface area contributed by atoms with Gasteiger partial charge in [0.05, 0.1) is 6.20 Å². The molecule has 2 rings (SSSR count). The monoisotopic (exact) mass is 335 g/mol. The van der Waals surface area contributed by atoms with E-state index >= 15 is 0 Å². The van der Waals surface area contributed by atoms with Gasteiger partial charge in [-0.2, -0.15) is 5.10 Å². The van der Waals surface area contributed by atoms with Crippen LogP contribution in [0.15, 0.2) is 12.4 Å². The maximum Gasteiger partial charge on any atom is 0.132 e. The van der Waals surface area contributed by atoms with Crippen LogP contribution < -0.4 is 0 Å². The van der Waals surface area contributed by atoms with Gasteiger partial charge in [0.1, 0.15) is 5.78 Å². The Kier molecular flexibility index (Phi) is 9.92. The largest absolute Gasteiger partial charge is 0.303 e. The number of piperidine rings is 1. The van der Waals surface area contributed by atoms with Gasteiger partial charge in [-0.25, -0.2) is 0 Å². The van der Waals surface area contributed by atoms with Gasteiger partial charge in [-0.15, -0.1) is 0 Å². The number of carbonyl (C=O) groups is 1. The Bertz CT molecular complexity index is 459. The van der Waals surface area contributed by atoms with Crippen LogP contribution in [-0.2, 0) is 11.3 Å². The first kappa shape index (κ1) is 20.9. The van der Waals surface area contributed by atoms with Gasteiger partial charge in [0.25, 0.3) is 0 Å². The SMILES string of the molecule is CC.CCC(=O)CCCN1CCC(Cn2cc(C(C)C)cn2)CC1. The van der Waals surface area contributed by atoms with Gasteiger partial charge < -0.3 is 4.90 Å². The molecule has 0 saturated carbocycles. The minimum absolute atomic E-state index is 0.398. The van der Waals surface area contributed by atoms with Crippen molar-refractivity contribution in [1.82, 2.24) is 14.7 Å². The van der Waals surface area contributed by atoms with Crippen LogP contribution in [0, 0.1) is 5.92 Å². The maximum atomic E-state index is 11.3. The summed E-state index contributed by atoms with van der Waals surface area (Å²) in [5.74, 6) is 1.70. The Labute approximate surface area is 148 Å². The summed E-state index contributed by atoms with van der Waals surface area (Å²) in [6.45, 7) is 14.8. The number of carbonyl (C=O) groups excluding carboxylic acids is 1. The van der Waals surface area contributed by atoms with Gasteiger partial charge >= 0.3 is 0 Å². The Hall–Kier alpha value is -1.16. The van der Waals surface area contributed by atoms with Crippen LogP contribution in [-0.4, -0.2) is 40.1 Å². The second-order valence-corrected chi connectivity index (χ2v) is 6.93. The van der Waals surface area contributed by atoms with Crippen molar-refractivity contribution in [3.05, 3.63) is 18.0 Å². The number of aromatic nitrogens is 2. The molecule has 1 aromatic rings. The smallest absolute Gasteiger partial charge is 0.132 e. The summed E-state index contributed by atoms with van der Waals surface area (Å²) >= 11 is 0. The minimum Gasteiger partial charge on any atom is -0.303 e. The molecular formula is C20H37N3O. The van der Waals surface area contributed by atoms with Crippen LogP contribution in [0.1, 0.15) is 78.2 Å². The Morgan fingerprint density at radius 2 is 1.96 bits per heavy atom. The summed E-state index contributed by atoms with van der Waals surface area (Å²) in [6.07, 6.45) is 9.16. The fourth-order valence-electron chi connectivity index (χ4n) is 3.11. The molecule has 2 heterocycles. The van der Waals surface area contributed by atoms with E-state index < -0.39 is 0 Å². The maximum absolute atomic E-state index is 11.3. The summed E-state index contributed by atoms with van der Waals surface area (Å²) in [5.41, 5.74) is 1.33. The van der Waals surface area contributed by atoms with Crippen molar-refractivity contribution < 1.29 is 4.79 Å². The highest BCUT2D eigenvalue weighted by Crippen LogP contribution is 2.20. The molecule has 0 radical (unpaired) electrons. The standard InChI is InChI=1S/C18H31N3O.C2H6/c1-4-18(22)6-5-9-20-10-7-16(8-11-20)13-21-14-17(12-19-21)15(2)3;1-2/h12,14-16H,4-11,13H2,1-3H3;1-2H3. The number of hydrogen-bond acceptors (Lipinski definition) is 3. The molecule has 0 atom stereocenters. The van der Waals surface area contributed by atoms with Crippen molar-refractivity contribution in [3.8, 4) is 0 Å². The molecule has 1 aliphatic heterocycles. The number of ketones is 1. The molecule has 0 N–H and O–H groups in total. The first-order chi connectivity index (χ1) is 11.6. The van der Waals surface area contributed by atoms with E-state index in [1.165, 1.54) is 31.5 Å². The summed E-state index contributed by atoms with van der Waals surface area (Å²) in [4.78, 5) is 13.8. The third-order valence-corrected chi connectivity index (χ3v) is 4.80. The van der Waals surface area contributed by atoms with Gasteiger partial charge in [0, 0.05) is 25.6 Å². The lowest BCUT2D eigenvalue weighted by molar-refractivity contribution is -0.118. The van der Waals surface area contributed by atoms with Crippen LogP contribution in [0.2, 0.25) is 0 Å². The molecule has 24 heavy (non-hydrogen) atoms. The van der Waals surface area contributed by atoms with Crippen molar-refractivity contribution in [3.63, 3.8) is 0 Å². The molecule has 138 valence electrons. The molecular weight excluding hydrogens is 298 g/mol. The number of nitrogens with zero attached hydrogens (tertiary/aromatic N) is 3. The molecule has 1 aliphatic rings. The lowest BCUT2D eigenvalue weighted by Crippen LogP contribution is -2.35. The summed E-state index contributed by atoms with van der Waals surface area (Å²) in [5, 5.41) is 4.49. The molecule has 1 fully saturated rings. The van der Waals surface area contributed by atoms with E-state index in [4.69, 9.17) is 0 Å². The average Bonchev–Trinajstić information content (AvgIpc) is 3.07. The topological polar surface area (TPSA) is 38.1 Å². The molecule has 0 aliphatic carbocycles. The number of hydrogen-bond donors (Lipinski definition) is 0. The van der Waals surface area contributed by atoms with E-state index in [0.717, 1.165) is 31.8 Å². The molecule has 0 aromatic carbocycles. The fraction of sp³-hybridized carbons (Fsp3) is 0.800. The summed E-state index contributed by atoms with van der Waals surface area (Å²) < 4.78 is 2.12. The van der Waals surface area contributed by atoms with E-state index in [1.54, 1.807) is 0 Å². The zero-order valence-corrected chi connectivity index (χ0v) is 16.4. The zero-order valence-electron chi connectivity index (χ0n) is 16.4. The third kappa shape index (κ3) is 7.16. The Morgan fingerprint density at radius 1 is 1.29 bits per heavy atom. The van der Waals surface area contributed by atoms with Gasteiger partial charge in [0.2, 0.25) is 0 Å². The van der Waals surface area contributed by atoms with Gasteiger partial charge in [-0.1, -0.05) is 34.6 Å². The van der Waals surface area contributed by atoms with Crippen molar-refractivity contribution in [2.45, 2.75) is 79.2 Å². The van der Waals surface area contributed by atoms with E-state index in [-0.39, 0.29) is 0 Å². The van der Waals surface area contributed by atoms with Crippen LogP contribution in [0.5, 0.6) is 0 Å². The molecule has 0 unspecified atom stereocenters. The highest BCUT2D eigenvalue weighted by atomic mass is 16.1. The minimum atomic E-state index is 0.398. The fourth-order valence-corrected chi connectivity index (χ4v) is 3.11. The number of Topliss-reactive ketones (excluding diaryl/α,β-unsaturated/α-hetero) is 1. The van der Waals surface area contributed by atoms with Gasteiger partial charge in [0.15, 0.2) is 0 Å². The summed E-state index contributed by atoms with van der Waals surface area (Å²) in [6, 6.07) is 0. The molecule has 0 amide bonds. The van der Waals surface area contributed by atoms with E-state index in [9.17, 15) is 4.79 Å². The molecule has 0 bridgehead atoms. The lowest BCUT2D eigenvalue weighted by Gasteiger charge is -2.31. The van der Waals surface area contributed by atoms with E-state index in [0.29, 0.717) is 18.1 Å². The quantitative estimate of drug-likeness (QED) is 0.702. The lowest BCUT2D eigenvalue weighted by atomic mass is 9.96. The first-order valence-electron chi connectivity index (χ1n) is 9.85. The second kappa shape index (κ2) is 11.4.